The predicted molar refractivity (Wildman–Crippen MR) is 206 cm³/mol. The number of hydrogen-bond acceptors (Lipinski definition) is 5. The number of alkyl halides is 2. The van der Waals surface area contributed by atoms with Crippen molar-refractivity contribution < 1.29 is 27.1 Å². The van der Waals surface area contributed by atoms with Gasteiger partial charge in [0, 0.05) is 42.5 Å². The molecule has 0 radical (unpaired) electrons. The molecule has 0 aliphatic carbocycles. The van der Waals surface area contributed by atoms with Crippen LogP contribution < -0.4 is 5.69 Å². The minimum Gasteiger partial charge on any atom is -0.376 e. The van der Waals surface area contributed by atoms with E-state index in [4.69, 9.17) is 4.74 Å². The summed E-state index contributed by atoms with van der Waals surface area (Å²) in [5.74, 6) is -5.32. The van der Waals surface area contributed by atoms with Gasteiger partial charge in [-0.3, -0.25) is 18.6 Å². The van der Waals surface area contributed by atoms with Gasteiger partial charge in [0.05, 0.1) is 46.7 Å². The van der Waals surface area contributed by atoms with E-state index >= 15 is 13.2 Å². The van der Waals surface area contributed by atoms with E-state index in [1.807, 2.05) is 18.2 Å². The Bertz CT molecular complexity index is 2820. The molecule has 2 aliphatic rings. The second-order valence-corrected chi connectivity index (χ2v) is 16.0. The zero-order valence-electron chi connectivity index (χ0n) is 32.2. The topological polar surface area (TPSA) is 108 Å². The maximum absolute atomic E-state index is 16.5. The average molecular weight is 781 g/mol. The van der Waals surface area contributed by atoms with Gasteiger partial charge in [-0.15, -0.1) is 0 Å². The number of carbonyl (C=O) groups excluding carboxylic acids is 1. The van der Waals surface area contributed by atoms with Crippen LogP contribution in [0, 0.1) is 25.5 Å². The highest BCUT2D eigenvalue weighted by Crippen LogP contribution is 2.45. The molecule has 2 aliphatic heterocycles. The Kier molecular flexibility index (Phi) is 8.22. The first-order chi connectivity index (χ1) is 27.0. The molecule has 4 aromatic heterocycles. The number of aryl methyl sites for hydroxylation is 3. The van der Waals surface area contributed by atoms with E-state index in [9.17, 15) is 14.0 Å². The van der Waals surface area contributed by atoms with E-state index in [1.54, 1.807) is 40.0 Å². The molecular formula is C42H40F4N8O3. The van der Waals surface area contributed by atoms with Crippen LogP contribution in [-0.2, 0) is 17.7 Å². The monoisotopic (exact) mass is 780 g/mol. The largest absolute Gasteiger partial charge is 0.376 e. The van der Waals surface area contributed by atoms with Gasteiger partial charge in [0.1, 0.15) is 23.0 Å². The minimum absolute atomic E-state index is 0.0784. The van der Waals surface area contributed by atoms with Crippen molar-refractivity contribution in [2.24, 2.45) is 7.05 Å². The molecule has 0 spiro atoms. The van der Waals surface area contributed by atoms with Crippen molar-refractivity contribution in [2.75, 3.05) is 13.2 Å². The lowest BCUT2D eigenvalue weighted by molar-refractivity contribution is -0.0593. The molecule has 1 amide bonds. The summed E-state index contributed by atoms with van der Waals surface area (Å²) >= 11 is 0. The van der Waals surface area contributed by atoms with E-state index in [2.05, 4.69) is 29.0 Å². The Labute approximate surface area is 324 Å². The number of imidazole rings is 1. The number of benzene rings is 3. The second-order valence-electron chi connectivity index (χ2n) is 16.0. The number of fused-ring (bicyclic) bond motifs is 3. The Morgan fingerprint density at radius 1 is 0.982 bits per heavy atom. The summed E-state index contributed by atoms with van der Waals surface area (Å²) in [5, 5.41) is 9.48. The van der Waals surface area contributed by atoms with Gasteiger partial charge in [-0.1, -0.05) is 6.07 Å². The van der Waals surface area contributed by atoms with Crippen LogP contribution >= 0.6 is 0 Å². The lowest BCUT2D eigenvalue weighted by atomic mass is 9.83. The summed E-state index contributed by atoms with van der Waals surface area (Å²) in [5.41, 5.74) is 1.30. The number of H-pyrrole nitrogens is 1. The summed E-state index contributed by atoms with van der Waals surface area (Å²) in [6.45, 7) is 8.48. The van der Waals surface area contributed by atoms with Crippen LogP contribution in [0.5, 0.6) is 0 Å². The molecule has 1 N–H and O–H groups in total. The molecule has 294 valence electrons. The fourth-order valence-electron chi connectivity index (χ4n) is 8.64. The van der Waals surface area contributed by atoms with Crippen LogP contribution in [0.15, 0.2) is 71.9 Å². The van der Waals surface area contributed by atoms with Gasteiger partial charge in [-0.25, -0.2) is 18.3 Å². The molecule has 57 heavy (non-hydrogen) atoms. The summed E-state index contributed by atoms with van der Waals surface area (Å²) in [6.07, 6.45) is 5.73. The third-order valence-electron chi connectivity index (χ3n) is 11.6. The van der Waals surface area contributed by atoms with Gasteiger partial charge in [0.25, 0.3) is 5.91 Å². The highest BCUT2D eigenvalue weighted by atomic mass is 19.3. The predicted octanol–water partition coefficient (Wildman–Crippen LogP) is 8.06. The molecule has 0 saturated carbocycles. The first-order valence-corrected chi connectivity index (χ1v) is 18.8. The molecule has 1 fully saturated rings. The number of rotatable bonds is 5. The summed E-state index contributed by atoms with van der Waals surface area (Å²) < 4.78 is 74.7. The van der Waals surface area contributed by atoms with Gasteiger partial charge in [0.15, 0.2) is 5.82 Å². The van der Waals surface area contributed by atoms with E-state index in [0.717, 1.165) is 37.8 Å². The Morgan fingerprint density at radius 2 is 1.72 bits per heavy atom. The standard InChI is InChI=1S/C42H40F4N8O3/c1-22-15-28(16-23(2)35(22)43)54-38(52-13-12-51(40(52)56)33-10-9-32-29(36(33)44)20-47-50(32)6)34-24(3)53(21-42(45,46)37(34)49-54)39(55)31-18-27-17-25(7-8-30(27)48-31)26-11-14-57-41(4,5)19-26/h7-10,12-13,15-18,20,24,26,48H,11,14,19,21H2,1-6H3/t24-,26?/m0/s1. The first-order valence-electron chi connectivity index (χ1n) is 18.8. The molecule has 1 saturated heterocycles. The van der Waals surface area contributed by atoms with Crippen molar-refractivity contribution in [3.63, 3.8) is 0 Å². The summed E-state index contributed by atoms with van der Waals surface area (Å²) in [7, 11) is 1.67. The number of carbonyl (C=O) groups is 1. The molecule has 9 rings (SSSR count). The van der Waals surface area contributed by atoms with E-state index < -0.39 is 47.4 Å². The van der Waals surface area contributed by atoms with Crippen molar-refractivity contribution in [1.82, 2.24) is 38.6 Å². The van der Waals surface area contributed by atoms with Crippen molar-refractivity contribution in [2.45, 2.75) is 70.9 Å². The molecule has 11 nitrogen and oxygen atoms in total. The molecule has 3 aromatic carbocycles. The number of nitrogens with one attached hydrogen (secondary N) is 1. The minimum atomic E-state index is -3.67. The normalized spacial score (nSPS) is 19.1. The third kappa shape index (κ3) is 5.81. The second kappa shape index (κ2) is 12.8. The van der Waals surface area contributed by atoms with Crippen LogP contribution in [0.4, 0.5) is 17.6 Å². The van der Waals surface area contributed by atoms with Crippen molar-refractivity contribution in [3.05, 3.63) is 123 Å². The molecular weight excluding hydrogens is 741 g/mol. The van der Waals surface area contributed by atoms with Crippen LogP contribution in [0.3, 0.4) is 0 Å². The van der Waals surface area contributed by atoms with Crippen molar-refractivity contribution in [3.8, 4) is 17.2 Å². The number of aromatic amines is 1. The van der Waals surface area contributed by atoms with Crippen LogP contribution in [0.1, 0.15) is 84.0 Å². The molecule has 1 unspecified atom stereocenters. The van der Waals surface area contributed by atoms with Gasteiger partial charge < -0.3 is 14.6 Å². The van der Waals surface area contributed by atoms with Gasteiger partial charge in [0.2, 0.25) is 0 Å². The summed E-state index contributed by atoms with van der Waals surface area (Å²) in [6, 6.07) is 12.6. The lowest BCUT2D eigenvalue weighted by Crippen LogP contribution is -2.46. The van der Waals surface area contributed by atoms with Gasteiger partial charge in [-0.05, 0) is 113 Å². The molecule has 2 atom stereocenters. The smallest absolute Gasteiger partial charge is 0.338 e. The highest BCUT2D eigenvalue weighted by Gasteiger charge is 2.50. The Balaban J connectivity index is 1.16. The third-order valence-corrected chi connectivity index (χ3v) is 11.6. The number of aromatic nitrogens is 7. The number of amides is 1. The van der Waals surface area contributed by atoms with Crippen LogP contribution in [0.25, 0.3) is 39.0 Å². The van der Waals surface area contributed by atoms with Crippen molar-refractivity contribution >= 4 is 27.7 Å². The maximum Gasteiger partial charge on any atom is 0.338 e. The van der Waals surface area contributed by atoms with Crippen molar-refractivity contribution in [1.29, 1.82) is 0 Å². The Hall–Kier alpha value is -5.96. The fraction of sp³-hybridized carbons (Fsp3) is 0.333. The van der Waals surface area contributed by atoms with Gasteiger partial charge in [-0.2, -0.15) is 19.0 Å². The number of nitrogens with zero attached hydrogens (tertiary/aromatic N) is 7. The molecule has 6 heterocycles. The van der Waals surface area contributed by atoms with E-state index in [-0.39, 0.29) is 56.5 Å². The number of hydrogen-bond donors (Lipinski definition) is 1. The maximum atomic E-state index is 16.5. The van der Waals surface area contributed by atoms with Gasteiger partial charge >= 0.3 is 11.6 Å². The zero-order chi connectivity index (χ0) is 40.3. The SMILES string of the molecule is Cc1cc(-n2nc3c(c2-n2ccn(-c4ccc5c(cnn5C)c4F)c2=O)[C@H](C)N(C(=O)c2cc4cc(C5CCOC(C)(C)C5)ccc4[nH]2)CC3(F)F)cc(C)c1F. The van der Waals surface area contributed by atoms with E-state index in [1.165, 1.54) is 46.2 Å². The van der Waals surface area contributed by atoms with Crippen LogP contribution in [-0.4, -0.2) is 63.2 Å². The highest BCUT2D eigenvalue weighted by molar-refractivity contribution is 5.98. The molecule has 7 aromatic rings. The van der Waals surface area contributed by atoms with Crippen LogP contribution in [0.2, 0.25) is 0 Å². The number of halogens is 4. The average Bonchev–Trinajstić information content (AvgIpc) is 3.96. The molecule has 15 heteroatoms. The lowest BCUT2D eigenvalue weighted by Gasteiger charge is -2.37. The summed E-state index contributed by atoms with van der Waals surface area (Å²) in [4.78, 5) is 32.9. The Morgan fingerprint density at radius 3 is 2.46 bits per heavy atom. The first kappa shape index (κ1) is 36.7. The number of ether oxygens (including phenoxy) is 1. The molecule has 0 bridgehead atoms. The fourth-order valence-corrected chi connectivity index (χ4v) is 8.64. The van der Waals surface area contributed by atoms with E-state index in [0.29, 0.717) is 17.6 Å². The zero-order valence-corrected chi connectivity index (χ0v) is 32.2. The quantitative estimate of drug-likeness (QED) is 0.178.